The minimum Gasteiger partial charge on any atom is -0.293 e. The molecule has 0 N–H and O–H groups in total. The van der Waals surface area contributed by atoms with Gasteiger partial charge in [0.25, 0.3) is 0 Å². The molecule has 0 fully saturated rings. The molecule has 0 radical (unpaired) electrons. The lowest BCUT2D eigenvalue weighted by atomic mass is 9.77. The number of carbonyl (C=O) groups excluding carboxylic acids is 2. The predicted molar refractivity (Wildman–Crippen MR) is 111 cm³/mol. The average molecular weight is 387 g/mol. The van der Waals surface area contributed by atoms with Crippen molar-refractivity contribution in [3.8, 4) is 0 Å². The Morgan fingerprint density at radius 2 is 1.24 bits per heavy atom. The van der Waals surface area contributed by atoms with Crippen molar-refractivity contribution < 1.29 is 14.5 Å². The molecule has 0 heterocycles. The van der Waals surface area contributed by atoms with Gasteiger partial charge in [-0.15, -0.1) is 0 Å². The summed E-state index contributed by atoms with van der Waals surface area (Å²) in [5.41, 5.74) is 2.32. The Labute approximate surface area is 169 Å². The van der Waals surface area contributed by atoms with Crippen LogP contribution in [-0.4, -0.2) is 23.0 Å². The molecule has 3 aromatic carbocycles. The van der Waals surface area contributed by atoms with Gasteiger partial charge in [0.2, 0.25) is 6.54 Å². The fraction of sp³-hybridized carbons (Fsp3) is 0.167. The van der Waals surface area contributed by atoms with E-state index in [1.807, 2.05) is 19.1 Å². The quantitative estimate of drug-likeness (QED) is 0.242. The number of hydrogen-bond donors (Lipinski definition) is 0. The summed E-state index contributed by atoms with van der Waals surface area (Å²) in [6.07, 6.45) is 0. The molecule has 3 aromatic rings. The second-order valence-electron chi connectivity index (χ2n) is 6.97. The van der Waals surface area contributed by atoms with Gasteiger partial charge >= 0.3 is 0 Å². The molecule has 0 bridgehead atoms. The summed E-state index contributed by atoms with van der Waals surface area (Å²) in [6, 6.07) is 24.1. The molecule has 0 saturated carbocycles. The maximum atomic E-state index is 13.4. The van der Waals surface area contributed by atoms with Crippen LogP contribution >= 0.6 is 0 Å². The summed E-state index contributed by atoms with van der Waals surface area (Å²) in [5, 5.41) is 11.5. The van der Waals surface area contributed by atoms with Crippen molar-refractivity contribution in [2.45, 2.75) is 12.8 Å². The van der Waals surface area contributed by atoms with E-state index in [2.05, 4.69) is 0 Å². The Bertz CT molecular complexity index is 947. The fourth-order valence-corrected chi connectivity index (χ4v) is 3.43. The summed E-state index contributed by atoms with van der Waals surface area (Å²) < 4.78 is 0. The largest absolute Gasteiger partial charge is 0.293 e. The Kier molecular flexibility index (Phi) is 6.29. The van der Waals surface area contributed by atoms with E-state index in [0.29, 0.717) is 16.7 Å². The number of hydrogen-bond acceptors (Lipinski definition) is 4. The van der Waals surface area contributed by atoms with Crippen molar-refractivity contribution >= 4 is 11.6 Å². The number of nitrogens with zero attached hydrogens (tertiary/aromatic N) is 1. The van der Waals surface area contributed by atoms with Crippen LogP contribution in [0.4, 0.5) is 0 Å². The van der Waals surface area contributed by atoms with Crippen LogP contribution in [0.3, 0.4) is 0 Å². The Balaban J connectivity index is 2.12. The first kappa shape index (κ1) is 20.1. The second-order valence-corrected chi connectivity index (χ2v) is 6.97. The van der Waals surface area contributed by atoms with E-state index in [4.69, 9.17) is 0 Å². The number of carbonyl (C=O) groups is 2. The van der Waals surface area contributed by atoms with E-state index >= 15 is 0 Å². The average Bonchev–Trinajstić information content (AvgIpc) is 2.74. The SMILES string of the molecule is Cc1ccc([C@H](C[N+](=O)[O-])C(C(=O)c2ccccc2)C(=O)c2ccccc2)cc1. The molecule has 146 valence electrons. The van der Waals surface area contributed by atoms with Crippen molar-refractivity contribution in [3.05, 3.63) is 117 Å². The molecular weight excluding hydrogens is 366 g/mol. The standard InChI is InChI=1S/C24H21NO4/c1-17-12-14-18(15-13-17)21(16-25(28)29)22(23(26)19-8-4-2-5-9-19)24(27)20-10-6-3-7-11-20/h2-15,21-22H,16H2,1H3/t21-/m0/s1. The van der Waals surface area contributed by atoms with Crippen LogP contribution in [0.25, 0.3) is 0 Å². The molecule has 0 saturated heterocycles. The Morgan fingerprint density at radius 3 is 1.66 bits per heavy atom. The zero-order valence-corrected chi connectivity index (χ0v) is 16.0. The molecule has 0 aliphatic heterocycles. The van der Waals surface area contributed by atoms with Gasteiger partial charge in [0, 0.05) is 16.1 Å². The number of rotatable bonds is 8. The smallest absolute Gasteiger partial charge is 0.211 e. The molecule has 3 rings (SSSR count). The molecular formula is C24H21NO4. The highest BCUT2D eigenvalue weighted by molar-refractivity contribution is 6.16. The van der Waals surface area contributed by atoms with Gasteiger partial charge in [0.05, 0.1) is 11.8 Å². The van der Waals surface area contributed by atoms with E-state index in [1.165, 1.54) is 0 Å². The lowest BCUT2D eigenvalue weighted by molar-refractivity contribution is -0.484. The molecule has 0 aromatic heterocycles. The molecule has 0 aliphatic carbocycles. The first-order valence-electron chi connectivity index (χ1n) is 9.34. The van der Waals surface area contributed by atoms with Gasteiger partial charge in [0.1, 0.15) is 0 Å². The van der Waals surface area contributed by atoms with Crippen LogP contribution < -0.4 is 0 Å². The fourth-order valence-electron chi connectivity index (χ4n) is 3.43. The Hall–Kier alpha value is -3.60. The van der Waals surface area contributed by atoms with Gasteiger partial charge in [-0.1, -0.05) is 90.5 Å². The van der Waals surface area contributed by atoms with Gasteiger partial charge in [-0.05, 0) is 12.5 Å². The first-order valence-corrected chi connectivity index (χ1v) is 9.34. The number of nitro groups is 1. The third-order valence-corrected chi connectivity index (χ3v) is 4.94. The number of ketones is 2. The molecule has 0 spiro atoms. The van der Waals surface area contributed by atoms with Gasteiger partial charge < -0.3 is 0 Å². The highest BCUT2D eigenvalue weighted by Crippen LogP contribution is 2.31. The van der Waals surface area contributed by atoms with Gasteiger partial charge in [0.15, 0.2) is 11.6 Å². The monoisotopic (exact) mass is 387 g/mol. The van der Waals surface area contributed by atoms with E-state index in [1.54, 1.807) is 72.8 Å². The maximum Gasteiger partial charge on any atom is 0.211 e. The van der Waals surface area contributed by atoms with E-state index < -0.39 is 34.9 Å². The molecule has 5 heteroatoms. The van der Waals surface area contributed by atoms with Crippen LogP contribution in [0.5, 0.6) is 0 Å². The number of Topliss-reactive ketones (excluding diaryl/α,β-unsaturated/α-hetero) is 2. The normalized spacial score (nSPS) is 11.8. The third kappa shape index (κ3) is 4.82. The van der Waals surface area contributed by atoms with Crippen molar-refractivity contribution in [3.63, 3.8) is 0 Å². The van der Waals surface area contributed by atoms with Crippen molar-refractivity contribution in [2.75, 3.05) is 6.54 Å². The van der Waals surface area contributed by atoms with E-state index in [0.717, 1.165) is 5.56 Å². The van der Waals surface area contributed by atoms with Gasteiger partial charge in [-0.3, -0.25) is 19.7 Å². The molecule has 0 aliphatic rings. The highest BCUT2D eigenvalue weighted by Gasteiger charge is 2.39. The molecule has 5 nitrogen and oxygen atoms in total. The highest BCUT2D eigenvalue weighted by atomic mass is 16.6. The van der Waals surface area contributed by atoms with Crippen molar-refractivity contribution in [1.82, 2.24) is 0 Å². The second kappa shape index (κ2) is 9.06. The molecule has 29 heavy (non-hydrogen) atoms. The van der Waals surface area contributed by atoms with Gasteiger partial charge in [-0.2, -0.15) is 0 Å². The van der Waals surface area contributed by atoms with E-state index in [-0.39, 0.29) is 0 Å². The van der Waals surface area contributed by atoms with Crippen LogP contribution in [0, 0.1) is 23.0 Å². The summed E-state index contributed by atoms with van der Waals surface area (Å²) in [4.78, 5) is 37.8. The zero-order chi connectivity index (χ0) is 20.8. The van der Waals surface area contributed by atoms with Crippen LogP contribution in [0.15, 0.2) is 84.9 Å². The molecule has 0 amide bonds. The van der Waals surface area contributed by atoms with Crippen LogP contribution in [0.2, 0.25) is 0 Å². The lowest BCUT2D eigenvalue weighted by Gasteiger charge is -2.23. The first-order chi connectivity index (χ1) is 14.0. The van der Waals surface area contributed by atoms with Crippen LogP contribution in [0.1, 0.15) is 37.8 Å². The summed E-state index contributed by atoms with van der Waals surface area (Å²) in [7, 11) is 0. The Morgan fingerprint density at radius 1 is 0.793 bits per heavy atom. The third-order valence-electron chi connectivity index (χ3n) is 4.94. The summed E-state index contributed by atoms with van der Waals surface area (Å²) in [5.74, 6) is -2.88. The van der Waals surface area contributed by atoms with E-state index in [9.17, 15) is 19.7 Å². The van der Waals surface area contributed by atoms with Crippen molar-refractivity contribution in [1.29, 1.82) is 0 Å². The summed E-state index contributed by atoms with van der Waals surface area (Å²) in [6.45, 7) is 1.40. The van der Waals surface area contributed by atoms with Crippen molar-refractivity contribution in [2.24, 2.45) is 5.92 Å². The molecule has 1 atom stereocenters. The van der Waals surface area contributed by atoms with Crippen LogP contribution in [-0.2, 0) is 0 Å². The predicted octanol–water partition coefficient (Wildman–Crippen LogP) is 4.74. The number of aryl methyl sites for hydroxylation is 1. The maximum absolute atomic E-state index is 13.4. The minimum atomic E-state index is -1.19. The number of benzene rings is 3. The topological polar surface area (TPSA) is 77.3 Å². The lowest BCUT2D eigenvalue weighted by Crippen LogP contribution is -2.34. The van der Waals surface area contributed by atoms with Gasteiger partial charge in [-0.25, -0.2) is 0 Å². The zero-order valence-electron chi connectivity index (χ0n) is 16.0. The minimum absolute atomic E-state index is 0.363. The summed E-state index contributed by atoms with van der Waals surface area (Å²) >= 11 is 0. The molecule has 0 unspecified atom stereocenters.